The van der Waals surface area contributed by atoms with E-state index in [4.69, 9.17) is 0 Å². The average Bonchev–Trinajstić information content (AvgIpc) is 2.68. The average molecular weight is 347 g/mol. The van der Waals surface area contributed by atoms with Crippen molar-refractivity contribution in [2.24, 2.45) is 0 Å². The highest BCUT2D eigenvalue weighted by molar-refractivity contribution is 5.93. The second kappa shape index (κ2) is 8.11. The zero-order chi connectivity index (χ0) is 18.4. The number of benzene rings is 2. The minimum atomic E-state index is -0.198. The highest BCUT2D eigenvalue weighted by Gasteiger charge is 2.07. The van der Waals surface area contributed by atoms with Crippen LogP contribution in [-0.2, 0) is 6.54 Å². The largest absolute Gasteiger partial charge is 0.378 e. The predicted octanol–water partition coefficient (Wildman–Crippen LogP) is 3.22. The molecule has 0 atom stereocenters. The van der Waals surface area contributed by atoms with Gasteiger partial charge in [-0.1, -0.05) is 30.3 Å². The smallest absolute Gasteiger partial charge is 0.254 e. The van der Waals surface area contributed by atoms with E-state index in [-0.39, 0.29) is 5.91 Å². The molecule has 6 heteroatoms. The molecule has 6 nitrogen and oxygen atoms in total. The fraction of sp³-hybridized carbons (Fsp3) is 0.150. The van der Waals surface area contributed by atoms with Crippen LogP contribution in [0.4, 0.5) is 17.3 Å². The van der Waals surface area contributed by atoms with E-state index in [1.54, 1.807) is 0 Å². The third kappa shape index (κ3) is 4.57. The summed E-state index contributed by atoms with van der Waals surface area (Å²) in [6.45, 7) is 0.470. The quantitative estimate of drug-likeness (QED) is 0.716. The molecule has 0 aliphatic heterocycles. The normalized spacial score (nSPS) is 10.2. The third-order valence-electron chi connectivity index (χ3n) is 3.85. The zero-order valence-electron chi connectivity index (χ0n) is 14.8. The van der Waals surface area contributed by atoms with Crippen molar-refractivity contribution in [2.75, 3.05) is 24.3 Å². The van der Waals surface area contributed by atoms with Gasteiger partial charge in [0.25, 0.3) is 5.91 Å². The van der Waals surface area contributed by atoms with Crippen LogP contribution in [0.2, 0.25) is 0 Å². The molecule has 2 N–H and O–H groups in total. The number of rotatable bonds is 6. The predicted molar refractivity (Wildman–Crippen MR) is 104 cm³/mol. The Morgan fingerprint density at radius 2 is 1.62 bits per heavy atom. The maximum absolute atomic E-state index is 12.2. The van der Waals surface area contributed by atoms with Crippen LogP contribution in [0.5, 0.6) is 0 Å². The summed E-state index contributed by atoms with van der Waals surface area (Å²) in [5, 5.41) is 5.98. The topological polar surface area (TPSA) is 70.2 Å². The number of amides is 1. The van der Waals surface area contributed by atoms with E-state index in [0.717, 1.165) is 16.9 Å². The van der Waals surface area contributed by atoms with Crippen molar-refractivity contribution >= 4 is 23.2 Å². The molecule has 1 heterocycles. The summed E-state index contributed by atoms with van der Waals surface area (Å²) < 4.78 is 0. The standard InChI is InChI=1S/C20H21N5O/c1-25(2)18-10-8-17(9-11-18)24-20-22-13-16(14-23-20)19(26)21-12-15-6-4-3-5-7-15/h3-11,13-14H,12H2,1-2H3,(H,21,26)(H,22,23,24). The van der Waals surface area contributed by atoms with Gasteiger partial charge in [0.1, 0.15) is 0 Å². The summed E-state index contributed by atoms with van der Waals surface area (Å²) >= 11 is 0. The Kier molecular flexibility index (Phi) is 5.43. The summed E-state index contributed by atoms with van der Waals surface area (Å²) in [5.41, 5.74) is 3.47. The van der Waals surface area contributed by atoms with E-state index in [9.17, 15) is 4.79 Å². The fourth-order valence-corrected chi connectivity index (χ4v) is 2.36. The number of hydrogen-bond acceptors (Lipinski definition) is 5. The highest BCUT2D eigenvalue weighted by atomic mass is 16.1. The van der Waals surface area contributed by atoms with Crippen molar-refractivity contribution in [1.29, 1.82) is 0 Å². The minimum Gasteiger partial charge on any atom is -0.378 e. The number of hydrogen-bond donors (Lipinski definition) is 2. The molecule has 0 bridgehead atoms. The molecule has 0 spiro atoms. The monoisotopic (exact) mass is 347 g/mol. The first-order valence-electron chi connectivity index (χ1n) is 8.30. The molecule has 132 valence electrons. The van der Waals surface area contributed by atoms with E-state index in [0.29, 0.717) is 18.1 Å². The van der Waals surface area contributed by atoms with Crippen LogP contribution in [0.1, 0.15) is 15.9 Å². The van der Waals surface area contributed by atoms with E-state index in [1.165, 1.54) is 12.4 Å². The maximum atomic E-state index is 12.2. The van der Waals surface area contributed by atoms with Gasteiger partial charge in [-0.05, 0) is 29.8 Å². The maximum Gasteiger partial charge on any atom is 0.254 e. The summed E-state index contributed by atoms with van der Waals surface area (Å²) in [6, 6.07) is 17.7. The minimum absolute atomic E-state index is 0.198. The molecular weight excluding hydrogens is 326 g/mol. The number of aromatic nitrogens is 2. The van der Waals surface area contributed by atoms with Gasteiger partial charge in [-0.2, -0.15) is 0 Å². The summed E-state index contributed by atoms with van der Waals surface area (Å²) in [4.78, 5) is 22.6. The van der Waals surface area contributed by atoms with Gasteiger partial charge in [0.2, 0.25) is 5.95 Å². The Labute approximate surface area is 152 Å². The molecule has 2 aromatic carbocycles. The van der Waals surface area contributed by atoms with Crippen LogP contribution >= 0.6 is 0 Å². The number of nitrogens with zero attached hydrogens (tertiary/aromatic N) is 3. The van der Waals surface area contributed by atoms with Crippen molar-refractivity contribution in [3.8, 4) is 0 Å². The molecule has 0 saturated heterocycles. The number of carbonyl (C=O) groups is 1. The van der Waals surface area contributed by atoms with Gasteiger partial charge in [0.15, 0.2) is 0 Å². The van der Waals surface area contributed by atoms with Gasteiger partial charge < -0.3 is 15.5 Å². The Morgan fingerprint density at radius 1 is 0.962 bits per heavy atom. The van der Waals surface area contributed by atoms with Crippen LogP contribution in [-0.4, -0.2) is 30.0 Å². The molecular formula is C20H21N5O. The molecule has 1 amide bonds. The number of carbonyl (C=O) groups excluding carboxylic acids is 1. The third-order valence-corrected chi connectivity index (χ3v) is 3.85. The second-order valence-corrected chi connectivity index (χ2v) is 6.03. The lowest BCUT2D eigenvalue weighted by Crippen LogP contribution is -2.23. The van der Waals surface area contributed by atoms with Gasteiger partial charge in [0.05, 0.1) is 5.56 Å². The van der Waals surface area contributed by atoms with Gasteiger partial charge >= 0.3 is 0 Å². The lowest BCUT2D eigenvalue weighted by Gasteiger charge is -2.13. The highest BCUT2D eigenvalue weighted by Crippen LogP contribution is 2.18. The number of anilines is 3. The Balaban J connectivity index is 1.58. The van der Waals surface area contributed by atoms with Crippen LogP contribution in [0, 0.1) is 0 Å². The zero-order valence-corrected chi connectivity index (χ0v) is 14.8. The number of nitrogens with one attached hydrogen (secondary N) is 2. The molecule has 0 saturated carbocycles. The molecule has 0 aliphatic rings. The Bertz CT molecular complexity index is 846. The lowest BCUT2D eigenvalue weighted by atomic mass is 10.2. The van der Waals surface area contributed by atoms with E-state index in [2.05, 4.69) is 20.6 Å². The van der Waals surface area contributed by atoms with Crippen LogP contribution < -0.4 is 15.5 Å². The van der Waals surface area contributed by atoms with Crippen LogP contribution in [0.15, 0.2) is 67.0 Å². The Morgan fingerprint density at radius 3 is 2.23 bits per heavy atom. The van der Waals surface area contributed by atoms with Crippen molar-refractivity contribution in [3.05, 3.63) is 78.1 Å². The Hall–Kier alpha value is -3.41. The molecule has 1 aromatic heterocycles. The van der Waals surface area contributed by atoms with E-state index in [1.807, 2.05) is 73.6 Å². The van der Waals surface area contributed by atoms with Crippen LogP contribution in [0.3, 0.4) is 0 Å². The van der Waals surface area contributed by atoms with Gasteiger partial charge in [-0.3, -0.25) is 4.79 Å². The van der Waals surface area contributed by atoms with E-state index < -0.39 is 0 Å². The lowest BCUT2D eigenvalue weighted by molar-refractivity contribution is 0.0950. The SMILES string of the molecule is CN(C)c1ccc(Nc2ncc(C(=O)NCc3ccccc3)cn2)cc1. The first kappa shape index (κ1) is 17.4. The molecule has 0 radical (unpaired) electrons. The molecule has 3 rings (SSSR count). The molecule has 0 aliphatic carbocycles. The van der Waals surface area contributed by atoms with Gasteiger partial charge in [0, 0.05) is 44.4 Å². The first-order valence-corrected chi connectivity index (χ1v) is 8.30. The van der Waals surface area contributed by atoms with Crippen molar-refractivity contribution in [3.63, 3.8) is 0 Å². The van der Waals surface area contributed by atoms with Crippen LogP contribution in [0.25, 0.3) is 0 Å². The molecule has 0 fully saturated rings. The molecule has 3 aromatic rings. The van der Waals surface area contributed by atoms with Crippen molar-refractivity contribution < 1.29 is 4.79 Å². The molecule has 0 unspecified atom stereocenters. The van der Waals surface area contributed by atoms with Crippen molar-refractivity contribution in [2.45, 2.75) is 6.54 Å². The second-order valence-electron chi connectivity index (χ2n) is 6.03. The van der Waals surface area contributed by atoms with Gasteiger partial charge in [-0.15, -0.1) is 0 Å². The van der Waals surface area contributed by atoms with E-state index >= 15 is 0 Å². The first-order chi connectivity index (χ1) is 12.6. The fourth-order valence-electron chi connectivity index (χ4n) is 2.36. The molecule has 26 heavy (non-hydrogen) atoms. The summed E-state index contributed by atoms with van der Waals surface area (Å²) in [6.07, 6.45) is 3.04. The summed E-state index contributed by atoms with van der Waals surface area (Å²) in [5.74, 6) is 0.248. The van der Waals surface area contributed by atoms with Gasteiger partial charge in [-0.25, -0.2) is 9.97 Å². The summed E-state index contributed by atoms with van der Waals surface area (Å²) in [7, 11) is 3.99. The van der Waals surface area contributed by atoms with Crippen molar-refractivity contribution in [1.82, 2.24) is 15.3 Å².